The van der Waals surface area contributed by atoms with Crippen LogP contribution < -0.4 is 0 Å². The molecule has 3 aromatic rings. The van der Waals surface area contributed by atoms with Gasteiger partial charge in [0.05, 0.1) is 16.6 Å². The minimum absolute atomic E-state index is 0.0246. The number of imidazole rings is 1. The number of hydrogen-bond acceptors (Lipinski definition) is 2. The molecule has 0 radical (unpaired) electrons. The van der Waals surface area contributed by atoms with Crippen LogP contribution in [-0.4, -0.2) is 14.7 Å². The summed E-state index contributed by atoms with van der Waals surface area (Å²) in [5.41, 5.74) is 3.29. The normalized spacial score (nSPS) is 11.1. The molecule has 96 valence electrons. The number of fused-ring (bicyclic) bond motifs is 1. The van der Waals surface area contributed by atoms with Gasteiger partial charge in [0.1, 0.15) is 17.4 Å². The van der Waals surface area contributed by atoms with Crippen LogP contribution in [0.1, 0.15) is 5.56 Å². The highest BCUT2D eigenvalue weighted by molar-refractivity contribution is 5.82. The monoisotopic (exact) mass is 256 g/mol. The van der Waals surface area contributed by atoms with E-state index in [-0.39, 0.29) is 5.75 Å². The maximum absolute atomic E-state index is 13.3. The lowest BCUT2D eigenvalue weighted by atomic mass is 10.2. The van der Waals surface area contributed by atoms with Crippen molar-refractivity contribution < 1.29 is 9.50 Å². The van der Waals surface area contributed by atoms with E-state index >= 15 is 0 Å². The molecule has 3 rings (SSSR count). The number of aromatic nitrogens is 2. The van der Waals surface area contributed by atoms with Gasteiger partial charge in [-0.05, 0) is 42.8 Å². The number of aryl methyl sites for hydroxylation is 2. The Bertz CT molecular complexity index is 777. The lowest BCUT2D eigenvalue weighted by Gasteiger charge is -2.05. The summed E-state index contributed by atoms with van der Waals surface area (Å²) in [6.07, 6.45) is 0. The number of halogens is 1. The quantitative estimate of drug-likeness (QED) is 0.724. The van der Waals surface area contributed by atoms with E-state index in [0.29, 0.717) is 11.4 Å². The van der Waals surface area contributed by atoms with Crippen LogP contribution >= 0.6 is 0 Å². The van der Waals surface area contributed by atoms with Crippen molar-refractivity contribution in [2.24, 2.45) is 7.05 Å². The van der Waals surface area contributed by atoms with E-state index < -0.39 is 5.82 Å². The molecule has 0 fully saturated rings. The Labute approximate surface area is 109 Å². The SMILES string of the molecule is Cc1ccc2c(c1)nc(-c1cc(F)ccc1O)n2C. The topological polar surface area (TPSA) is 38.1 Å². The maximum Gasteiger partial charge on any atom is 0.144 e. The molecular weight excluding hydrogens is 243 g/mol. The van der Waals surface area contributed by atoms with Crippen LogP contribution in [0, 0.1) is 12.7 Å². The van der Waals surface area contributed by atoms with Gasteiger partial charge in [0, 0.05) is 7.05 Å². The van der Waals surface area contributed by atoms with Gasteiger partial charge in [-0.15, -0.1) is 0 Å². The molecule has 19 heavy (non-hydrogen) atoms. The fraction of sp³-hybridized carbons (Fsp3) is 0.133. The zero-order chi connectivity index (χ0) is 13.6. The number of phenolic OH excluding ortho intramolecular Hbond substituents is 1. The second kappa shape index (κ2) is 4.09. The van der Waals surface area contributed by atoms with Gasteiger partial charge in [0.15, 0.2) is 0 Å². The van der Waals surface area contributed by atoms with Crippen LogP contribution in [-0.2, 0) is 7.05 Å². The summed E-state index contributed by atoms with van der Waals surface area (Å²) in [5, 5.41) is 9.87. The fourth-order valence-corrected chi connectivity index (χ4v) is 2.24. The van der Waals surface area contributed by atoms with Gasteiger partial charge >= 0.3 is 0 Å². The average Bonchev–Trinajstić information content (AvgIpc) is 2.69. The molecule has 0 unspecified atom stereocenters. The summed E-state index contributed by atoms with van der Waals surface area (Å²) in [5.74, 6) is 0.185. The molecule has 0 atom stereocenters. The van der Waals surface area contributed by atoms with Crippen LogP contribution in [0.2, 0.25) is 0 Å². The number of phenols is 1. The van der Waals surface area contributed by atoms with Crippen LogP contribution in [0.15, 0.2) is 36.4 Å². The third-order valence-electron chi connectivity index (χ3n) is 3.24. The minimum atomic E-state index is -0.393. The van der Waals surface area contributed by atoms with Crippen molar-refractivity contribution >= 4 is 11.0 Å². The summed E-state index contributed by atoms with van der Waals surface area (Å²) in [7, 11) is 1.85. The van der Waals surface area contributed by atoms with Crippen molar-refractivity contribution in [3.63, 3.8) is 0 Å². The van der Waals surface area contributed by atoms with Gasteiger partial charge in [-0.1, -0.05) is 6.07 Å². The van der Waals surface area contributed by atoms with Gasteiger partial charge in [0.2, 0.25) is 0 Å². The smallest absolute Gasteiger partial charge is 0.144 e. The van der Waals surface area contributed by atoms with Gasteiger partial charge in [-0.25, -0.2) is 9.37 Å². The van der Waals surface area contributed by atoms with Crippen molar-refractivity contribution in [3.05, 3.63) is 47.8 Å². The molecule has 0 aliphatic carbocycles. The van der Waals surface area contributed by atoms with Crippen molar-refractivity contribution in [1.82, 2.24) is 9.55 Å². The van der Waals surface area contributed by atoms with Gasteiger partial charge in [-0.3, -0.25) is 0 Å². The first-order chi connectivity index (χ1) is 9.06. The second-order valence-electron chi connectivity index (χ2n) is 4.65. The minimum Gasteiger partial charge on any atom is -0.507 e. The molecule has 1 aromatic heterocycles. The lowest BCUT2D eigenvalue weighted by Crippen LogP contribution is -1.93. The predicted molar refractivity (Wildman–Crippen MR) is 72.5 cm³/mol. The van der Waals surface area contributed by atoms with Crippen LogP contribution in [0.25, 0.3) is 22.4 Å². The Morgan fingerprint density at radius 1 is 1.16 bits per heavy atom. The van der Waals surface area contributed by atoms with E-state index in [1.54, 1.807) is 0 Å². The van der Waals surface area contributed by atoms with E-state index in [2.05, 4.69) is 4.98 Å². The van der Waals surface area contributed by atoms with Crippen molar-refractivity contribution in [3.8, 4) is 17.1 Å². The summed E-state index contributed by atoms with van der Waals surface area (Å²) < 4.78 is 15.2. The predicted octanol–water partition coefficient (Wildman–Crippen LogP) is 3.39. The summed E-state index contributed by atoms with van der Waals surface area (Å²) in [6.45, 7) is 1.99. The molecule has 2 aromatic carbocycles. The Hall–Kier alpha value is -2.36. The highest BCUT2D eigenvalue weighted by atomic mass is 19.1. The number of hydrogen-bond donors (Lipinski definition) is 1. The lowest BCUT2D eigenvalue weighted by molar-refractivity contribution is 0.474. The molecule has 1 heterocycles. The number of nitrogens with zero attached hydrogens (tertiary/aromatic N) is 2. The molecule has 3 nitrogen and oxygen atoms in total. The zero-order valence-electron chi connectivity index (χ0n) is 10.7. The first-order valence-corrected chi connectivity index (χ1v) is 5.98. The Morgan fingerprint density at radius 2 is 1.95 bits per heavy atom. The first kappa shape index (κ1) is 11.7. The van der Waals surface area contributed by atoms with Crippen LogP contribution in [0.3, 0.4) is 0 Å². The fourth-order valence-electron chi connectivity index (χ4n) is 2.24. The van der Waals surface area contributed by atoms with Crippen molar-refractivity contribution in [2.45, 2.75) is 6.92 Å². The third kappa shape index (κ3) is 1.85. The molecule has 0 amide bonds. The van der Waals surface area contributed by atoms with Crippen LogP contribution in [0.4, 0.5) is 4.39 Å². The van der Waals surface area contributed by atoms with Crippen LogP contribution in [0.5, 0.6) is 5.75 Å². The summed E-state index contributed by atoms with van der Waals surface area (Å²) in [4.78, 5) is 4.48. The number of rotatable bonds is 1. The summed E-state index contributed by atoms with van der Waals surface area (Å²) in [6, 6.07) is 9.80. The molecule has 0 saturated carbocycles. The third-order valence-corrected chi connectivity index (χ3v) is 3.24. The maximum atomic E-state index is 13.3. The van der Waals surface area contributed by atoms with Crippen molar-refractivity contribution in [2.75, 3.05) is 0 Å². The van der Waals surface area contributed by atoms with Crippen molar-refractivity contribution in [1.29, 1.82) is 0 Å². The average molecular weight is 256 g/mol. The standard InChI is InChI=1S/C15H13FN2O/c1-9-3-5-13-12(7-9)17-15(18(13)2)11-8-10(16)4-6-14(11)19/h3-8,19H,1-2H3. The molecule has 4 heteroatoms. The molecular formula is C15H13FN2O. The molecule has 0 saturated heterocycles. The largest absolute Gasteiger partial charge is 0.507 e. The Morgan fingerprint density at radius 3 is 2.74 bits per heavy atom. The summed E-state index contributed by atoms with van der Waals surface area (Å²) >= 11 is 0. The van der Waals surface area contributed by atoms with E-state index in [9.17, 15) is 9.50 Å². The van der Waals surface area contributed by atoms with Gasteiger partial charge < -0.3 is 9.67 Å². The molecule has 0 bridgehead atoms. The highest BCUT2D eigenvalue weighted by Gasteiger charge is 2.14. The second-order valence-corrected chi connectivity index (χ2v) is 4.65. The van der Waals surface area contributed by atoms with E-state index in [4.69, 9.17) is 0 Å². The van der Waals surface area contributed by atoms with E-state index in [1.165, 1.54) is 18.2 Å². The molecule has 0 aliphatic heterocycles. The molecule has 0 spiro atoms. The number of aromatic hydroxyl groups is 1. The molecule has 0 aliphatic rings. The van der Waals surface area contributed by atoms with Gasteiger partial charge in [0.25, 0.3) is 0 Å². The van der Waals surface area contributed by atoms with E-state index in [0.717, 1.165) is 16.6 Å². The first-order valence-electron chi connectivity index (χ1n) is 5.98. The Kier molecular flexibility index (Phi) is 2.52. The Balaban J connectivity index is 2.30. The molecule has 1 N–H and O–H groups in total. The van der Waals surface area contributed by atoms with Gasteiger partial charge in [-0.2, -0.15) is 0 Å². The number of benzene rings is 2. The zero-order valence-corrected chi connectivity index (χ0v) is 10.7. The highest BCUT2D eigenvalue weighted by Crippen LogP contribution is 2.31. The van der Waals surface area contributed by atoms with E-state index in [1.807, 2.05) is 36.7 Å².